The van der Waals surface area contributed by atoms with E-state index in [4.69, 9.17) is 5.11 Å². The lowest BCUT2D eigenvalue weighted by Gasteiger charge is -2.02. The monoisotopic (exact) mass is 288 g/mol. The van der Waals surface area contributed by atoms with Gasteiger partial charge in [0.05, 0.1) is 24.2 Å². The average Bonchev–Trinajstić information content (AvgIpc) is 3.01. The zero-order chi connectivity index (χ0) is 14.1. The molecule has 0 aliphatic heterocycles. The van der Waals surface area contributed by atoms with E-state index in [1.165, 1.54) is 5.69 Å². The molecule has 6 heteroatoms. The smallest absolute Gasteiger partial charge is 0.168 e. The molecule has 0 fully saturated rings. The standard InChI is InChI=1S/C14H16N4OS/c1-10-4-3-5-13-16-11(7-18(10)13)9-20-14-15-6-12(8-19)17(14)2/h3-7,19H,8-9H2,1-2H3. The van der Waals surface area contributed by atoms with E-state index in [-0.39, 0.29) is 6.61 Å². The van der Waals surface area contributed by atoms with E-state index in [9.17, 15) is 0 Å². The summed E-state index contributed by atoms with van der Waals surface area (Å²) in [5, 5.41) is 10.0. The Morgan fingerprint density at radius 3 is 2.90 bits per heavy atom. The van der Waals surface area contributed by atoms with Gasteiger partial charge in [-0.3, -0.25) is 0 Å². The summed E-state index contributed by atoms with van der Waals surface area (Å²) < 4.78 is 4.00. The Balaban J connectivity index is 1.79. The van der Waals surface area contributed by atoms with E-state index in [1.54, 1.807) is 18.0 Å². The second-order valence-electron chi connectivity index (χ2n) is 4.67. The fourth-order valence-electron chi connectivity index (χ4n) is 2.11. The Bertz CT molecular complexity index is 747. The molecule has 3 rings (SSSR count). The van der Waals surface area contributed by atoms with Crippen LogP contribution < -0.4 is 0 Å². The largest absolute Gasteiger partial charge is 0.390 e. The fourth-order valence-corrected chi connectivity index (χ4v) is 2.97. The van der Waals surface area contributed by atoms with E-state index >= 15 is 0 Å². The minimum absolute atomic E-state index is 0.0115. The van der Waals surface area contributed by atoms with Gasteiger partial charge in [-0.1, -0.05) is 17.8 Å². The van der Waals surface area contributed by atoms with Crippen LogP contribution in [-0.4, -0.2) is 24.0 Å². The molecule has 3 aromatic heterocycles. The second kappa shape index (κ2) is 5.30. The lowest BCUT2D eigenvalue weighted by atomic mass is 10.4. The molecule has 0 aliphatic carbocycles. The number of thioether (sulfide) groups is 1. The molecule has 0 amide bonds. The van der Waals surface area contributed by atoms with Gasteiger partial charge in [-0.05, 0) is 19.1 Å². The number of aromatic nitrogens is 4. The highest BCUT2D eigenvalue weighted by molar-refractivity contribution is 7.98. The maximum Gasteiger partial charge on any atom is 0.168 e. The summed E-state index contributed by atoms with van der Waals surface area (Å²) in [7, 11) is 1.91. The maximum absolute atomic E-state index is 9.16. The minimum atomic E-state index is 0.0115. The van der Waals surface area contributed by atoms with Crippen LogP contribution in [0.4, 0.5) is 0 Å². The SMILES string of the molecule is Cc1cccc2nc(CSc3ncc(CO)n3C)cn12. The van der Waals surface area contributed by atoms with Crippen LogP contribution in [-0.2, 0) is 19.4 Å². The van der Waals surface area contributed by atoms with E-state index in [0.717, 1.165) is 27.9 Å². The number of aryl methyl sites for hydroxylation is 1. The third-order valence-electron chi connectivity index (χ3n) is 3.30. The molecule has 5 nitrogen and oxygen atoms in total. The highest BCUT2D eigenvalue weighted by atomic mass is 32.2. The molecule has 0 unspecified atom stereocenters. The van der Waals surface area contributed by atoms with Crippen molar-refractivity contribution in [3.8, 4) is 0 Å². The summed E-state index contributed by atoms with van der Waals surface area (Å²) in [6.45, 7) is 2.08. The number of aliphatic hydroxyl groups excluding tert-OH is 1. The molecule has 0 bridgehead atoms. The molecule has 104 valence electrons. The van der Waals surface area contributed by atoms with Gasteiger partial charge >= 0.3 is 0 Å². The summed E-state index contributed by atoms with van der Waals surface area (Å²) in [5.74, 6) is 0.761. The molecule has 1 N–H and O–H groups in total. The number of hydrogen-bond donors (Lipinski definition) is 1. The van der Waals surface area contributed by atoms with Gasteiger partial charge in [-0.2, -0.15) is 0 Å². The third kappa shape index (κ3) is 2.32. The van der Waals surface area contributed by atoms with Crippen LogP contribution in [0.3, 0.4) is 0 Å². The molecule has 3 heterocycles. The van der Waals surface area contributed by atoms with Gasteiger partial charge < -0.3 is 14.1 Å². The highest BCUT2D eigenvalue weighted by Crippen LogP contribution is 2.22. The van der Waals surface area contributed by atoms with E-state index in [0.29, 0.717) is 0 Å². The van der Waals surface area contributed by atoms with Crippen LogP contribution in [0, 0.1) is 6.92 Å². The van der Waals surface area contributed by atoms with Crippen LogP contribution in [0.2, 0.25) is 0 Å². The van der Waals surface area contributed by atoms with E-state index < -0.39 is 0 Å². The third-order valence-corrected chi connectivity index (χ3v) is 4.38. The van der Waals surface area contributed by atoms with Crippen molar-refractivity contribution in [3.05, 3.63) is 47.7 Å². The summed E-state index contributed by atoms with van der Waals surface area (Å²) in [4.78, 5) is 8.91. The summed E-state index contributed by atoms with van der Waals surface area (Å²) in [5.41, 5.74) is 3.98. The fraction of sp³-hybridized carbons (Fsp3) is 0.286. The summed E-state index contributed by atoms with van der Waals surface area (Å²) in [6, 6.07) is 6.09. The van der Waals surface area contributed by atoms with Gasteiger partial charge in [0, 0.05) is 24.7 Å². The highest BCUT2D eigenvalue weighted by Gasteiger charge is 2.08. The van der Waals surface area contributed by atoms with Crippen LogP contribution in [0.5, 0.6) is 0 Å². The maximum atomic E-state index is 9.16. The number of fused-ring (bicyclic) bond motifs is 1. The molecular weight excluding hydrogens is 272 g/mol. The lowest BCUT2D eigenvalue weighted by Crippen LogP contribution is -1.97. The first-order valence-electron chi connectivity index (χ1n) is 6.37. The molecule has 0 radical (unpaired) electrons. The Morgan fingerprint density at radius 1 is 1.35 bits per heavy atom. The van der Waals surface area contributed by atoms with Crippen molar-refractivity contribution in [3.63, 3.8) is 0 Å². The van der Waals surface area contributed by atoms with Gasteiger partial charge in [-0.15, -0.1) is 0 Å². The number of pyridine rings is 1. The van der Waals surface area contributed by atoms with E-state index in [1.807, 2.05) is 23.7 Å². The van der Waals surface area contributed by atoms with Crippen LogP contribution in [0.15, 0.2) is 35.7 Å². The second-order valence-corrected chi connectivity index (χ2v) is 5.61. The molecular formula is C14H16N4OS. The van der Waals surface area contributed by atoms with Crippen LogP contribution >= 0.6 is 11.8 Å². The molecule has 3 aromatic rings. The summed E-state index contributed by atoms with van der Waals surface area (Å²) >= 11 is 1.62. The van der Waals surface area contributed by atoms with Gasteiger partial charge in [-0.25, -0.2) is 9.97 Å². The topological polar surface area (TPSA) is 55.4 Å². The van der Waals surface area contributed by atoms with Crippen molar-refractivity contribution < 1.29 is 5.11 Å². The normalized spacial score (nSPS) is 11.3. The molecule has 0 atom stereocenters. The predicted octanol–water partition coefficient (Wildman–Crippen LogP) is 2.16. The number of rotatable bonds is 4. The Hall–Kier alpha value is -1.79. The van der Waals surface area contributed by atoms with Crippen molar-refractivity contribution in [1.82, 2.24) is 18.9 Å². The molecule has 0 aliphatic rings. The molecule has 0 saturated heterocycles. The lowest BCUT2D eigenvalue weighted by molar-refractivity contribution is 0.271. The van der Waals surface area contributed by atoms with E-state index in [2.05, 4.69) is 33.6 Å². The minimum Gasteiger partial charge on any atom is -0.390 e. The first-order valence-corrected chi connectivity index (χ1v) is 7.35. The van der Waals surface area contributed by atoms with Crippen molar-refractivity contribution in [2.75, 3.05) is 0 Å². The van der Waals surface area contributed by atoms with Gasteiger partial charge in [0.1, 0.15) is 5.65 Å². The summed E-state index contributed by atoms with van der Waals surface area (Å²) in [6.07, 6.45) is 3.77. The number of hydrogen-bond acceptors (Lipinski definition) is 4. The number of aliphatic hydroxyl groups is 1. The molecule has 0 spiro atoms. The predicted molar refractivity (Wildman–Crippen MR) is 78.6 cm³/mol. The Kier molecular flexibility index (Phi) is 3.50. The van der Waals surface area contributed by atoms with Gasteiger partial charge in [0.2, 0.25) is 0 Å². The molecule has 20 heavy (non-hydrogen) atoms. The number of nitrogens with zero attached hydrogens (tertiary/aromatic N) is 4. The van der Waals surface area contributed by atoms with Crippen LogP contribution in [0.25, 0.3) is 5.65 Å². The zero-order valence-electron chi connectivity index (χ0n) is 11.4. The quantitative estimate of drug-likeness (QED) is 0.748. The molecule has 0 aromatic carbocycles. The Morgan fingerprint density at radius 2 is 2.20 bits per heavy atom. The zero-order valence-corrected chi connectivity index (χ0v) is 12.3. The van der Waals surface area contributed by atoms with Gasteiger partial charge in [0.25, 0.3) is 0 Å². The first-order chi connectivity index (χ1) is 9.69. The number of imidazole rings is 2. The molecule has 0 saturated carbocycles. The van der Waals surface area contributed by atoms with Gasteiger partial charge in [0.15, 0.2) is 5.16 Å². The van der Waals surface area contributed by atoms with Crippen molar-refractivity contribution >= 4 is 17.4 Å². The first kappa shape index (κ1) is 13.2. The average molecular weight is 288 g/mol. The van der Waals surface area contributed by atoms with Crippen molar-refractivity contribution in [1.29, 1.82) is 0 Å². The van der Waals surface area contributed by atoms with Crippen molar-refractivity contribution in [2.45, 2.75) is 24.4 Å². The van der Waals surface area contributed by atoms with Crippen molar-refractivity contribution in [2.24, 2.45) is 7.05 Å². The van der Waals surface area contributed by atoms with Crippen LogP contribution in [0.1, 0.15) is 17.1 Å². The Labute approximate surface area is 121 Å².